The van der Waals surface area contributed by atoms with E-state index in [9.17, 15) is 4.79 Å². The molecule has 5 heteroatoms. The highest BCUT2D eigenvalue weighted by Gasteiger charge is 2.15. The van der Waals surface area contributed by atoms with Crippen LogP contribution in [0.4, 0.5) is 0 Å². The highest BCUT2D eigenvalue weighted by atomic mass is 16.2. The van der Waals surface area contributed by atoms with Crippen LogP contribution in [0.2, 0.25) is 0 Å². The summed E-state index contributed by atoms with van der Waals surface area (Å²) in [6.07, 6.45) is 0. The third kappa shape index (κ3) is 1.39. The highest BCUT2D eigenvalue weighted by Crippen LogP contribution is 2.15. The zero-order valence-electron chi connectivity index (χ0n) is 7.43. The van der Waals surface area contributed by atoms with Gasteiger partial charge in [0.15, 0.2) is 0 Å². The van der Waals surface area contributed by atoms with Gasteiger partial charge in [0.2, 0.25) is 0 Å². The lowest BCUT2D eigenvalue weighted by molar-refractivity contribution is 0.0948. The topological polar surface area (TPSA) is 94.7 Å². The SMILES string of the molecule is Cc1[nH]c(C(=O)NN)c(C)c1C#N. The molecule has 1 aromatic heterocycles. The molecular formula is C8H10N4O. The summed E-state index contributed by atoms with van der Waals surface area (Å²) in [6.45, 7) is 3.44. The lowest BCUT2D eigenvalue weighted by Crippen LogP contribution is -2.30. The Labute approximate surface area is 75.5 Å². The van der Waals surface area contributed by atoms with Crippen molar-refractivity contribution in [3.05, 3.63) is 22.5 Å². The smallest absolute Gasteiger partial charge is 0.281 e. The van der Waals surface area contributed by atoms with E-state index in [2.05, 4.69) is 4.98 Å². The quantitative estimate of drug-likeness (QED) is 0.323. The van der Waals surface area contributed by atoms with Gasteiger partial charge in [0.05, 0.1) is 5.56 Å². The van der Waals surface area contributed by atoms with Gasteiger partial charge >= 0.3 is 0 Å². The van der Waals surface area contributed by atoms with Crippen molar-refractivity contribution in [2.45, 2.75) is 13.8 Å². The van der Waals surface area contributed by atoms with Crippen molar-refractivity contribution in [2.24, 2.45) is 5.84 Å². The molecule has 0 aliphatic heterocycles. The fourth-order valence-corrected chi connectivity index (χ4v) is 1.22. The molecule has 0 atom stereocenters. The predicted octanol–water partition coefficient (Wildman–Crippen LogP) is 0.107. The standard InChI is InChI=1S/C8H10N4O/c1-4-6(3-9)5(2)11-7(4)8(13)12-10/h11H,10H2,1-2H3,(H,12,13). The molecule has 0 aliphatic carbocycles. The van der Waals surface area contributed by atoms with Gasteiger partial charge in [0.25, 0.3) is 5.91 Å². The molecule has 0 unspecified atom stereocenters. The van der Waals surface area contributed by atoms with Crippen LogP contribution in [0.15, 0.2) is 0 Å². The maximum absolute atomic E-state index is 11.1. The summed E-state index contributed by atoms with van der Waals surface area (Å²) in [6, 6.07) is 2.01. The van der Waals surface area contributed by atoms with Gasteiger partial charge in [-0.1, -0.05) is 0 Å². The van der Waals surface area contributed by atoms with Crippen LogP contribution in [0.25, 0.3) is 0 Å². The van der Waals surface area contributed by atoms with Crippen LogP contribution in [-0.4, -0.2) is 10.9 Å². The van der Waals surface area contributed by atoms with E-state index in [0.29, 0.717) is 22.5 Å². The lowest BCUT2D eigenvalue weighted by Gasteiger charge is -1.96. The second-order valence-corrected chi connectivity index (χ2v) is 2.71. The maximum atomic E-state index is 11.1. The fourth-order valence-electron chi connectivity index (χ4n) is 1.22. The molecule has 1 rings (SSSR count). The van der Waals surface area contributed by atoms with E-state index in [1.54, 1.807) is 13.8 Å². The second kappa shape index (κ2) is 3.29. The molecule has 0 spiro atoms. The van der Waals surface area contributed by atoms with E-state index < -0.39 is 5.91 Å². The number of aryl methyl sites for hydroxylation is 1. The molecular weight excluding hydrogens is 168 g/mol. The summed E-state index contributed by atoms with van der Waals surface area (Å²) < 4.78 is 0. The van der Waals surface area contributed by atoms with Crippen LogP contribution in [0.5, 0.6) is 0 Å². The summed E-state index contributed by atoms with van der Waals surface area (Å²) in [5.41, 5.74) is 4.16. The molecule has 1 amide bonds. The first-order chi connectivity index (χ1) is 6.11. The molecule has 0 saturated carbocycles. The van der Waals surface area contributed by atoms with Gasteiger partial charge in [-0.3, -0.25) is 10.2 Å². The summed E-state index contributed by atoms with van der Waals surface area (Å²) in [4.78, 5) is 13.9. The van der Waals surface area contributed by atoms with Crippen LogP contribution in [0.3, 0.4) is 0 Å². The van der Waals surface area contributed by atoms with Crippen molar-refractivity contribution in [3.63, 3.8) is 0 Å². The lowest BCUT2D eigenvalue weighted by atomic mass is 10.1. The van der Waals surface area contributed by atoms with Gasteiger partial charge in [-0.05, 0) is 19.4 Å². The first-order valence-electron chi connectivity index (χ1n) is 3.72. The number of nitrogen functional groups attached to an aromatic ring is 1. The van der Waals surface area contributed by atoms with Gasteiger partial charge in [-0.25, -0.2) is 5.84 Å². The largest absolute Gasteiger partial charge is 0.353 e. The van der Waals surface area contributed by atoms with Crippen LogP contribution in [-0.2, 0) is 0 Å². The number of rotatable bonds is 1. The molecule has 0 fully saturated rings. The molecule has 0 radical (unpaired) electrons. The average Bonchev–Trinajstić information content (AvgIpc) is 2.40. The first-order valence-corrected chi connectivity index (χ1v) is 3.72. The van der Waals surface area contributed by atoms with Crippen LogP contribution >= 0.6 is 0 Å². The number of hydrogen-bond acceptors (Lipinski definition) is 3. The predicted molar refractivity (Wildman–Crippen MR) is 46.6 cm³/mol. The molecule has 0 saturated heterocycles. The number of hydrogen-bond donors (Lipinski definition) is 3. The van der Waals surface area contributed by atoms with Crippen LogP contribution in [0.1, 0.15) is 27.3 Å². The summed E-state index contributed by atoms with van der Waals surface area (Å²) in [7, 11) is 0. The molecule has 0 aromatic carbocycles. The van der Waals surface area contributed by atoms with E-state index in [-0.39, 0.29) is 0 Å². The molecule has 0 aliphatic rings. The van der Waals surface area contributed by atoms with Gasteiger partial charge < -0.3 is 4.98 Å². The Bertz CT molecular complexity index is 386. The number of carbonyl (C=O) groups is 1. The van der Waals surface area contributed by atoms with Crippen molar-refractivity contribution in [3.8, 4) is 6.07 Å². The van der Waals surface area contributed by atoms with Gasteiger partial charge in [0.1, 0.15) is 11.8 Å². The average molecular weight is 178 g/mol. The number of nitriles is 1. The third-order valence-corrected chi connectivity index (χ3v) is 1.91. The first kappa shape index (κ1) is 9.29. The number of carbonyl (C=O) groups excluding carboxylic acids is 1. The maximum Gasteiger partial charge on any atom is 0.281 e. The number of aromatic amines is 1. The molecule has 1 heterocycles. The van der Waals surface area contributed by atoms with Crippen molar-refractivity contribution in [1.82, 2.24) is 10.4 Å². The molecule has 5 nitrogen and oxygen atoms in total. The monoisotopic (exact) mass is 178 g/mol. The fraction of sp³-hybridized carbons (Fsp3) is 0.250. The number of amides is 1. The molecule has 13 heavy (non-hydrogen) atoms. The van der Waals surface area contributed by atoms with E-state index in [4.69, 9.17) is 11.1 Å². The number of nitrogens with two attached hydrogens (primary N) is 1. The minimum Gasteiger partial charge on any atom is -0.353 e. The van der Waals surface area contributed by atoms with Crippen LogP contribution < -0.4 is 11.3 Å². The molecule has 0 bridgehead atoms. The van der Waals surface area contributed by atoms with Crippen LogP contribution in [0, 0.1) is 25.2 Å². The van der Waals surface area contributed by atoms with E-state index in [0.717, 1.165) is 0 Å². The van der Waals surface area contributed by atoms with Gasteiger partial charge in [-0.15, -0.1) is 0 Å². The third-order valence-electron chi connectivity index (χ3n) is 1.91. The zero-order chi connectivity index (χ0) is 10.0. The normalized spacial score (nSPS) is 9.38. The Morgan fingerprint density at radius 1 is 1.62 bits per heavy atom. The van der Waals surface area contributed by atoms with Crippen molar-refractivity contribution in [1.29, 1.82) is 5.26 Å². The van der Waals surface area contributed by atoms with E-state index in [1.165, 1.54) is 0 Å². The van der Waals surface area contributed by atoms with Crippen molar-refractivity contribution in [2.75, 3.05) is 0 Å². The Morgan fingerprint density at radius 2 is 2.23 bits per heavy atom. The Morgan fingerprint density at radius 3 is 2.62 bits per heavy atom. The number of aromatic nitrogens is 1. The minimum atomic E-state index is -0.415. The zero-order valence-corrected chi connectivity index (χ0v) is 7.43. The highest BCUT2D eigenvalue weighted by molar-refractivity contribution is 5.94. The van der Waals surface area contributed by atoms with Gasteiger partial charge in [0, 0.05) is 5.69 Å². The number of H-pyrrole nitrogens is 1. The molecule has 4 N–H and O–H groups in total. The molecule has 68 valence electrons. The Kier molecular flexibility index (Phi) is 2.35. The second-order valence-electron chi connectivity index (χ2n) is 2.71. The number of nitrogens with zero attached hydrogens (tertiary/aromatic N) is 1. The summed E-state index contributed by atoms with van der Waals surface area (Å²) in [5.74, 6) is 4.56. The summed E-state index contributed by atoms with van der Waals surface area (Å²) in [5, 5.41) is 8.73. The van der Waals surface area contributed by atoms with E-state index in [1.807, 2.05) is 11.5 Å². The number of nitrogens with one attached hydrogen (secondary N) is 2. The van der Waals surface area contributed by atoms with Gasteiger partial charge in [-0.2, -0.15) is 5.26 Å². The summed E-state index contributed by atoms with van der Waals surface area (Å²) >= 11 is 0. The van der Waals surface area contributed by atoms with Crippen molar-refractivity contribution < 1.29 is 4.79 Å². The Balaban J connectivity index is 3.28. The minimum absolute atomic E-state index is 0.344. The Hall–Kier alpha value is -1.80. The van der Waals surface area contributed by atoms with E-state index >= 15 is 0 Å². The molecule has 1 aromatic rings. The van der Waals surface area contributed by atoms with Crippen molar-refractivity contribution >= 4 is 5.91 Å². The number of hydrazine groups is 1.